The van der Waals surface area contributed by atoms with E-state index in [-0.39, 0.29) is 28.8 Å². The Kier molecular flexibility index (Phi) is 4.59. The van der Waals surface area contributed by atoms with Gasteiger partial charge in [0.05, 0.1) is 5.60 Å². The Bertz CT molecular complexity index is 1280. The number of aromatic hydroxyl groups is 1. The van der Waals surface area contributed by atoms with Crippen molar-refractivity contribution in [3.8, 4) is 5.75 Å². The third-order valence-corrected chi connectivity index (χ3v) is 9.64. The second kappa shape index (κ2) is 7.43. The summed E-state index contributed by atoms with van der Waals surface area (Å²) in [6, 6.07) is 7.33. The highest BCUT2D eigenvalue weighted by molar-refractivity contribution is 5.94. The number of aliphatic hydroxyl groups is 1. The van der Waals surface area contributed by atoms with Crippen LogP contribution in [0.15, 0.2) is 29.1 Å². The van der Waals surface area contributed by atoms with Gasteiger partial charge in [0.1, 0.15) is 11.3 Å². The van der Waals surface area contributed by atoms with Crippen molar-refractivity contribution in [1.82, 2.24) is 14.8 Å². The van der Waals surface area contributed by atoms with Crippen molar-refractivity contribution < 1.29 is 15.0 Å². The topological polar surface area (TPSA) is 96.9 Å². The quantitative estimate of drug-likeness (QED) is 0.632. The number of nitrogens with zero attached hydrogens (tertiary/aromatic N) is 2. The summed E-state index contributed by atoms with van der Waals surface area (Å²) in [7, 11) is 0. The maximum Gasteiger partial charge on any atom is 0.261 e. The molecular weight excluding hydrogens is 442 g/mol. The first-order valence-corrected chi connectivity index (χ1v) is 13.2. The minimum Gasteiger partial charge on any atom is -0.508 e. The summed E-state index contributed by atoms with van der Waals surface area (Å²) in [6.45, 7) is 3.32. The number of H-pyrrole nitrogens is 1. The largest absolute Gasteiger partial charge is 0.508 e. The summed E-state index contributed by atoms with van der Waals surface area (Å²) in [5, 5.41) is 23.0. The Hall–Kier alpha value is -2.64. The van der Waals surface area contributed by atoms with E-state index in [9.17, 15) is 19.8 Å². The standard InChI is InChI=1S/C28H33N3O4/c32-20-6-5-18-12-24-28(35)14-19-11-21(26(34)30-8-1-2-9-30)25(33)29-23(19)15-27(28,22(18)13-20)7-10-31(24)16-17-3-4-17/h5-6,11,13,17,24,32,35H,1-4,7-10,12,14-16H2,(H,29,33)/t24-,27-,28-/m1/s1. The number of phenols is 1. The van der Waals surface area contributed by atoms with Crippen LogP contribution < -0.4 is 5.56 Å². The highest BCUT2D eigenvalue weighted by atomic mass is 16.3. The molecule has 1 saturated carbocycles. The summed E-state index contributed by atoms with van der Waals surface area (Å²) < 4.78 is 0. The lowest BCUT2D eigenvalue weighted by Gasteiger charge is -2.63. The number of fused-ring (bicyclic) bond motifs is 2. The molecule has 1 aromatic carbocycles. The lowest BCUT2D eigenvalue weighted by atomic mass is 9.49. The molecule has 0 radical (unpaired) electrons. The first-order chi connectivity index (χ1) is 16.9. The van der Waals surface area contributed by atoms with Crippen LogP contribution in [0.1, 0.15) is 64.8 Å². The number of rotatable bonds is 3. The number of aromatic nitrogens is 1. The number of piperidine rings is 1. The minimum atomic E-state index is -1.03. The second-order valence-electron chi connectivity index (χ2n) is 11.6. The van der Waals surface area contributed by atoms with Gasteiger partial charge < -0.3 is 20.1 Å². The highest BCUT2D eigenvalue weighted by Gasteiger charge is 2.64. The van der Waals surface area contributed by atoms with Gasteiger partial charge in [-0.3, -0.25) is 14.5 Å². The van der Waals surface area contributed by atoms with Crippen LogP contribution in [0.3, 0.4) is 0 Å². The zero-order valence-electron chi connectivity index (χ0n) is 20.1. The van der Waals surface area contributed by atoms with E-state index in [2.05, 4.69) is 9.88 Å². The van der Waals surface area contributed by atoms with Crippen LogP contribution in [0.25, 0.3) is 0 Å². The number of carbonyl (C=O) groups is 1. The van der Waals surface area contributed by atoms with E-state index < -0.39 is 11.0 Å². The van der Waals surface area contributed by atoms with Crippen LogP contribution in [-0.2, 0) is 24.7 Å². The van der Waals surface area contributed by atoms with Crippen LogP contribution in [0.2, 0.25) is 0 Å². The number of nitrogens with one attached hydrogen (secondary N) is 1. The summed E-state index contributed by atoms with van der Waals surface area (Å²) in [5.41, 5.74) is 2.17. The molecule has 2 bridgehead atoms. The Morgan fingerprint density at radius 2 is 1.89 bits per heavy atom. The average molecular weight is 476 g/mol. The summed E-state index contributed by atoms with van der Waals surface area (Å²) in [5.74, 6) is 0.739. The molecule has 1 aromatic heterocycles. The van der Waals surface area contributed by atoms with Crippen LogP contribution in [0.4, 0.5) is 0 Å². The summed E-state index contributed by atoms with van der Waals surface area (Å²) in [6.07, 6.45) is 6.92. The van der Waals surface area contributed by atoms with Crippen LogP contribution in [0.5, 0.6) is 5.75 Å². The maximum absolute atomic E-state index is 13.1. The number of hydrogen-bond acceptors (Lipinski definition) is 5. The molecule has 7 rings (SSSR count). The van der Waals surface area contributed by atoms with E-state index in [1.54, 1.807) is 17.0 Å². The van der Waals surface area contributed by atoms with Crippen molar-refractivity contribution in [2.45, 2.75) is 68.4 Å². The number of aromatic amines is 1. The molecule has 184 valence electrons. The van der Waals surface area contributed by atoms with E-state index in [1.165, 1.54) is 18.4 Å². The van der Waals surface area contributed by atoms with Crippen molar-refractivity contribution in [2.24, 2.45) is 5.92 Å². The normalized spacial score (nSPS) is 31.6. The van der Waals surface area contributed by atoms with Gasteiger partial charge in [-0.1, -0.05) is 6.07 Å². The lowest BCUT2D eigenvalue weighted by Crippen LogP contribution is -2.74. The number of likely N-dealkylation sites (tertiary alicyclic amines) is 2. The average Bonchev–Trinajstić information content (AvgIpc) is 3.47. The van der Waals surface area contributed by atoms with Crippen LogP contribution in [0, 0.1) is 5.92 Å². The zero-order chi connectivity index (χ0) is 23.9. The van der Waals surface area contributed by atoms with Gasteiger partial charge in [-0.15, -0.1) is 0 Å². The van der Waals surface area contributed by atoms with Crippen molar-refractivity contribution in [3.05, 3.63) is 62.6 Å². The molecule has 2 saturated heterocycles. The van der Waals surface area contributed by atoms with Gasteiger partial charge >= 0.3 is 0 Å². The molecule has 7 nitrogen and oxygen atoms in total. The highest BCUT2D eigenvalue weighted by Crippen LogP contribution is 2.57. The number of carbonyl (C=O) groups excluding carboxylic acids is 1. The molecule has 35 heavy (non-hydrogen) atoms. The fourth-order valence-electron chi connectivity index (χ4n) is 7.63. The van der Waals surface area contributed by atoms with Crippen molar-refractivity contribution in [2.75, 3.05) is 26.2 Å². The fourth-order valence-corrected chi connectivity index (χ4v) is 7.63. The van der Waals surface area contributed by atoms with E-state index in [4.69, 9.17) is 0 Å². The molecule has 1 amide bonds. The predicted octanol–water partition coefficient (Wildman–Crippen LogP) is 2.12. The molecule has 5 aliphatic rings. The first kappa shape index (κ1) is 21.6. The molecule has 2 aromatic rings. The van der Waals surface area contributed by atoms with Gasteiger partial charge in [-0.05, 0) is 85.9 Å². The van der Waals surface area contributed by atoms with Gasteiger partial charge in [-0.25, -0.2) is 0 Å². The van der Waals surface area contributed by atoms with E-state index in [0.717, 1.165) is 61.5 Å². The second-order valence-corrected chi connectivity index (χ2v) is 11.6. The molecule has 3 aliphatic carbocycles. The monoisotopic (exact) mass is 475 g/mol. The molecule has 7 heteroatoms. The third kappa shape index (κ3) is 3.10. The summed E-state index contributed by atoms with van der Waals surface area (Å²) >= 11 is 0. The minimum absolute atomic E-state index is 0.0216. The van der Waals surface area contributed by atoms with Gasteiger partial charge in [0.15, 0.2) is 0 Å². The van der Waals surface area contributed by atoms with Crippen LogP contribution in [-0.4, -0.2) is 68.7 Å². The van der Waals surface area contributed by atoms with E-state index in [0.29, 0.717) is 25.9 Å². The Labute approximate surface area is 204 Å². The third-order valence-electron chi connectivity index (χ3n) is 9.64. The van der Waals surface area contributed by atoms with Gasteiger partial charge in [0.2, 0.25) is 0 Å². The van der Waals surface area contributed by atoms with Crippen molar-refractivity contribution in [1.29, 1.82) is 0 Å². The molecule has 3 fully saturated rings. The van der Waals surface area contributed by atoms with Crippen molar-refractivity contribution >= 4 is 5.91 Å². The lowest BCUT2D eigenvalue weighted by molar-refractivity contribution is -0.152. The molecule has 3 N–H and O–H groups in total. The van der Waals surface area contributed by atoms with Gasteiger partial charge in [0.25, 0.3) is 11.5 Å². The van der Waals surface area contributed by atoms with Crippen LogP contribution >= 0.6 is 0 Å². The smallest absolute Gasteiger partial charge is 0.261 e. The molecular formula is C28H33N3O4. The molecule has 3 atom stereocenters. The zero-order valence-corrected chi connectivity index (χ0v) is 20.1. The Balaban J connectivity index is 1.35. The Morgan fingerprint density at radius 3 is 2.66 bits per heavy atom. The van der Waals surface area contributed by atoms with E-state index >= 15 is 0 Å². The Morgan fingerprint density at radius 1 is 1.09 bits per heavy atom. The SMILES string of the molecule is O=C(c1cc2c([nH]c1=O)C[C@]13CCN(CC4CC4)[C@H](Cc4ccc(O)cc41)[C@]3(O)C2)N1CCCC1. The summed E-state index contributed by atoms with van der Waals surface area (Å²) in [4.78, 5) is 33.5. The van der Waals surface area contributed by atoms with Gasteiger partial charge in [-0.2, -0.15) is 0 Å². The molecule has 0 unspecified atom stereocenters. The molecule has 3 heterocycles. The molecule has 2 aliphatic heterocycles. The molecule has 0 spiro atoms. The predicted molar refractivity (Wildman–Crippen MR) is 131 cm³/mol. The number of benzene rings is 1. The van der Waals surface area contributed by atoms with Crippen molar-refractivity contribution in [3.63, 3.8) is 0 Å². The number of phenolic OH excluding ortho intramolecular Hbond substituents is 1. The maximum atomic E-state index is 13.1. The van der Waals surface area contributed by atoms with E-state index in [1.807, 2.05) is 12.1 Å². The number of amides is 1. The number of hydrogen-bond donors (Lipinski definition) is 3. The fraction of sp³-hybridized carbons (Fsp3) is 0.571. The van der Waals surface area contributed by atoms with Gasteiger partial charge in [0, 0.05) is 49.6 Å². The first-order valence-electron chi connectivity index (χ1n) is 13.2. The number of pyridine rings is 1.